The number of rotatable bonds is 5. The second-order valence-electron chi connectivity index (χ2n) is 4.75. The predicted molar refractivity (Wildman–Crippen MR) is 67.4 cm³/mol. The molecule has 4 heteroatoms. The molecule has 4 nitrogen and oxygen atoms in total. The van der Waals surface area contributed by atoms with E-state index in [-0.39, 0.29) is 5.91 Å². The Morgan fingerprint density at radius 1 is 1.53 bits per heavy atom. The molecule has 0 bridgehead atoms. The third-order valence-electron chi connectivity index (χ3n) is 3.54. The highest BCUT2D eigenvalue weighted by Gasteiger charge is 2.23. The topological polar surface area (TPSA) is 47.3 Å². The van der Waals surface area contributed by atoms with Crippen molar-refractivity contribution in [2.45, 2.75) is 45.1 Å². The van der Waals surface area contributed by atoms with Gasteiger partial charge in [-0.15, -0.1) is 0 Å². The van der Waals surface area contributed by atoms with Gasteiger partial charge in [-0.1, -0.05) is 13.3 Å². The van der Waals surface area contributed by atoms with Crippen molar-refractivity contribution in [1.29, 1.82) is 5.26 Å². The molecule has 96 valence electrons. The molecule has 0 radical (unpaired) electrons. The molecular formula is C13H23N3O. The van der Waals surface area contributed by atoms with Crippen LogP contribution in [0.1, 0.15) is 39.0 Å². The molecule has 1 atom stereocenters. The van der Waals surface area contributed by atoms with Gasteiger partial charge in [0.1, 0.15) is 0 Å². The fraction of sp³-hybridized carbons (Fsp3) is 0.846. The molecule has 0 aromatic rings. The van der Waals surface area contributed by atoms with E-state index in [2.05, 4.69) is 17.9 Å². The van der Waals surface area contributed by atoms with Crippen molar-refractivity contribution in [1.82, 2.24) is 9.80 Å². The molecular weight excluding hydrogens is 214 g/mol. The maximum Gasteiger partial charge on any atom is 0.236 e. The van der Waals surface area contributed by atoms with E-state index in [1.807, 2.05) is 0 Å². The number of carbonyl (C=O) groups is 1. The van der Waals surface area contributed by atoms with Crippen molar-refractivity contribution in [2.75, 3.05) is 26.7 Å². The normalized spacial score (nSPS) is 20.9. The highest BCUT2D eigenvalue weighted by atomic mass is 16.2. The Balaban J connectivity index is 2.40. The zero-order valence-electron chi connectivity index (χ0n) is 11.0. The fourth-order valence-corrected chi connectivity index (χ4v) is 2.37. The Morgan fingerprint density at radius 2 is 2.29 bits per heavy atom. The smallest absolute Gasteiger partial charge is 0.236 e. The maximum atomic E-state index is 12.0. The van der Waals surface area contributed by atoms with Crippen LogP contribution in [0.2, 0.25) is 0 Å². The monoisotopic (exact) mass is 237 g/mol. The van der Waals surface area contributed by atoms with Gasteiger partial charge >= 0.3 is 0 Å². The zero-order chi connectivity index (χ0) is 12.7. The average Bonchev–Trinajstić information content (AvgIpc) is 2.36. The first-order chi connectivity index (χ1) is 8.19. The van der Waals surface area contributed by atoms with Crippen LogP contribution in [0.3, 0.4) is 0 Å². The molecule has 0 spiro atoms. The number of hydrogen-bond donors (Lipinski definition) is 0. The van der Waals surface area contributed by atoms with Gasteiger partial charge < -0.3 is 4.90 Å². The standard InChI is InChI=1S/C13H23N3O/c1-3-12-7-4-5-10-16(12)11-13(17)15(2)9-6-8-14/h12H,3-7,9-11H2,1-2H3. The van der Waals surface area contributed by atoms with Crippen LogP contribution in [0.4, 0.5) is 0 Å². The quantitative estimate of drug-likeness (QED) is 0.730. The minimum Gasteiger partial charge on any atom is -0.344 e. The second kappa shape index (κ2) is 7.29. The lowest BCUT2D eigenvalue weighted by molar-refractivity contribution is -0.132. The largest absolute Gasteiger partial charge is 0.344 e. The number of likely N-dealkylation sites (tertiary alicyclic amines) is 1. The van der Waals surface area contributed by atoms with Crippen molar-refractivity contribution >= 4 is 5.91 Å². The molecule has 0 aliphatic carbocycles. The van der Waals surface area contributed by atoms with Crippen molar-refractivity contribution in [3.8, 4) is 6.07 Å². The lowest BCUT2D eigenvalue weighted by atomic mass is 10.00. The summed E-state index contributed by atoms with van der Waals surface area (Å²) in [5, 5.41) is 8.50. The van der Waals surface area contributed by atoms with Crippen LogP contribution < -0.4 is 0 Å². The summed E-state index contributed by atoms with van der Waals surface area (Å²) in [4.78, 5) is 15.9. The van der Waals surface area contributed by atoms with Crippen LogP contribution in [0.25, 0.3) is 0 Å². The molecule has 1 saturated heterocycles. The highest BCUT2D eigenvalue weighted by molar-refractivity contribution is 5.78. The molecule has 1 aliphatic heterocycles. The van der Waals surface area contributed by atoms with Crippen molar-refractivity contribution in [2.24, 2.45) is 0 Å². The van der Waals surface area contributed by atoms with Crippen LogP contribution >= 0.6 is 0 Å². The number of hydrogen-bond acceptors (Lipinski definition) is 3. The van der Waals surface area contributed by atoms with E-state index in [1.165, 1.54) is 19.3 Å². The molecule has 0 aromatic carbocycles. The lowest BCUT2D eigenvalue weighted by Gasteiger charge is -2.35. The molecule has 0 N–H and O–H groups in total. The minimum atomic E-state index is 0.139. The van der Waals surface area contributed by atoms with Gasteiger partial charge in [0.2, 0.25) is 5.91 Å². The number of piperidine rings is 1. The van der Waals surface area contributed by atoms with E-state index in [4.69, 9.17) is 5.26 Å². The van der Waals surface area contributed by atoms with Gasteiger partial charge in [0, 0.05) is 19.6 Å². The van der Waals surface area contributed by atoms with Gasteiger partial charge in [-0.2, -0.15) is 5.26 Å². The van der Waals surface area contributed by atoms with Crippen LogP contribution in [-0.4, -0.2) is 48.4 Å². The first-order valence-corrected chi connectivity index (χ1v) is 6.54. The van der Waals surface area contributed by atoms with Crippen molar-refractivity contribution in [3.05, 3.63) is 0 Å². The number of amides is 1. The molecule has 1 aliphatic rings. The first kappa shape index (κ1) is 14.0. The maximum absolute atomic E-state index is 12.0. The van der Waals surface area contributed by atoms with Gasteiger partial charge in [0.05, 0.1) is 19.0 Å². The van der Waals surface area contributed by atoms with E-state index in [0.717, 1.165) is 13.0 Å². The summed E-state index contributed by atoms with van der Waals surface area (Å²) in [6.45, 7) is 4.28. The van der Waals surface area contributed by atoms with Gasteiger partial charge in [0.15, 0.2) is 0 Å². The van der Waals surface area contributed by atoms with Crippen LogP contribution in [0.5, 0.6) is 0 Å². The van der Waals surface area contributed by atoms with Crippen molar-refractivity contribution in [3.63, 3.8) is 0 Å². The summed E-state index contributed by atoms with van der Waals surface area (Å²) in [7, 11) is 1.78. The van der Waals surface area contributed by atoms with Gasteiger partial charge in [-0.25, -0.2) is 0 Å². The Hall–Kier alpha value is -1.08. The molecule has 0 saturated carbocycles. The molecule has 0 aromatic heterocycles. The van der Waals surface area contributed by atoms with Gasteiger partial charge in [-0.3, -0.25) is 9.69 Å². The Labute approximate surface area is 104 Å². The van der Waals surface area contributed by atoms with Gasteiger partial charge in [0.25, 0.3) is 0 Å². The van der Waals surface area contributed by atoms with E-state index in [0.29, 0.717) is 25.6 Å². The number of nitrogens with zero attached hydrogens (tertiary/aromatic N) is 3. The summed E-state index contributed by atoms with van der Waals surface area (Å²) >= 11 is 0. The Bertz CT molecular complexity index is 285. The number of carbonyl (C=O) groups excluding carboxylic acids is 1. The SMILES string of the molecule is CCC1CCCCN1CC(=O)N(C)CCC#N. The zero-order valence-corrected chi connectivity index (χ0v) is 11.0. The highest BCUT2D eigenvalue weighted by Crippen LogP contribution is 2.19. The molecule has 1 heterocycles. The van der Waals surface area contributed by atoms with E-state index < -0.39 is 0 Å². The summed E-state index contributed by atoms with van der Waals surface area (Å²) in [6.07, 6.45) is 5.24. The predicted octanol–water partition coefficient (Wildman–Crippen LogP) is 1.62. The summed E-state index contributed by atoms with van der Waals surface area (Å²) in [5.41, 5.74) is 0. The molecule has 1 amide bonds. The molecule has 1 fully saturated rings. The van der Waals surface area contributed by atoms with Crippen LogP contribution in [0, 0.1) is 11.3 Å². The minimum absolute atomic E-state index is 0.139. The van der Waals surface area contributed by atoms with Crippen LogP contribution in [0.15, 0.2) is 0 Å². The molecule has 1 unspecified atom stereocenters. The summed E-state index contributed by atoms with van der Waals surface area (Å²) in [5.74, 6) is 0.139. The Kier molecular flexibility index (Phi) is 5.99. The van der Waals surface area contributed by atoms with E-state index >= 15 is 0 Å². The first-order valence-electron chi connectivity index (χ1n) is 6.54. The number of nitriles is 1. The van der Waals surface area contributed by atoms with Gasteiger partial charge in [-0.05, 0) is 25.8 Å². The fourth-order valence-electron chi connectivity index (χ4n) is 2.37. The lowest BCUT2D eigenvalue weighted by Crippen LogP contribution is -2.45. The summed E-state index contributed by atoms with van der Waals surface area (Å²) in [6, 6.07) is 2.64. The summed E-state index contributed by atoms with van der Waals surface area (Å²) < 4.78 is 0. The third kappa shape index (κ3) is 4.35. The Morgan fingerprint density at radius 3 is 2.94 bits per heavy atom. The third-order valence-corrected chi connectivity index (χ3v) is 3.54. The van der Waals surface area contributed by atoms with E-state index in [9.17, 15) is 4.79 Å². The second-order valence-corrected chi connectivity index (χ2v) is 4.75. The molecule has 1 rings (SSSR count). The van der Waals surface area contributed by atoms with Crippen LogP contribution in [-0.2, 0) is 4.79 Å². The average molecular weight is 237 g/mol. The molecule has 17 heavy (non-hydrogen) atoms. The van der Waals surface area contributed by atoms with E-state index in [1.54, 1.807) is 11.9 Å². The van der Waals surface area contributed by atoms with Crippen molar-refractivity contribution < 1.29 is 4.79 Å². The number of likely N-dealkylation sites (N-methyl/N-ethyl adjacent to an activating group) is 1.